The maximum absolute atomic E-state index is 14.4. The van der Waals surface area contributed by atoms with E-state index in [2.05, 4.69) is 37.5 Å². The van der Waals surface area contributed by atoms with Crippen molar-refractivity contribution in [2.24, 2.45) is 5.92 Å². The maximum Gasteiger partial charge on any atom is 0.254 e. The standard InChI is InChI=1S/C28H31FN6O2/c1-5-17(19-7-6-8-20-25(28(37)30-4)21(29)14-33-26(19)20)12-32-24-11-23(34-15-35-24)18-9-10-22(31-13-18)27(36)16(2)3/h6-11,13-17,27,36H,5,12H2,1-4H3,(H,30,37)(H,32,34,35). The summed E-state index contributed by atoms with van der Waals surface area (Å²) in [4.78, 5) is 29.8. The third-order valence-electron chi connectivity index (χ3n) is 6.48. The highest BCUT2D eigenvalue weighted by Crippen LogP contribution is 2.30. The molecule has 1 aromatic carbocycles. The number of aromatic nitrogens is 4. The molecule has 3 aromatic heterocycles. The predicted molar refractivity (Wildman–Crippen MR) is 142 cm³/mol. The number of carbonyl (C=O) groups is 1. The molecule has 0 aliphatic heterocycles. The summed E-state index contributed by atoms with van der Waals surface area (Å²) in [6, 6.07) is 11.1. The van der Waals surface area contributed by atoms with Crippen LogP contribution in [0.4, 0.5) is 10.2 Å². The summed E-state index contributed by atoms with van der Waals surface area (Å²) in [5.41, 5.74) is 3.68. The van der Waals surface area contributed by atoms with Gasteiger partial charge in [-0.2, -0.15) is 0 Å². The molecule has 0 saturated carbocycles. The Morgan fingerprint density at radius 2 is 1.89 bits per heavy atom. The van der Waals surface area contributed by atoms with Crippen molar-refractivity contribution in [1.29, 1.82) is 0 Å². The van der Waals surface area contributed by atoms with Gasteiger partial charge in [0.1, 0.15) is 12.1 Å². The van der Waals surface area contributed by atoms with Crippen LogP contribution in [0.25, 0.3) is 22.2 Å². The average molecular weight is 503 g/mol. The van der Waals surface area contributed by atoms with Crippen molar-refractivity contribution in [1.82, 2.24) is 25.3 Å². The van der Waals surface area contributed by atoms with Gasteiger partial charge in [-0.1, -0.05) is 39.0 Å². The molecule has 4 rings (SSSR count). The number of hydrogen-bond acceptors (Lipinski definition) is 7. The minimum absolute atomic E-state index is 0.00172. The molecular weight excluding hydrogens is 471 g/mol. The Morgan fingerprint density at radius 3 is 2.57 bits per heavy atom. The second kappa shape index (κ2) is 11.4. The van der Waals surface area contributed by atoms with Gasteiger partial charge in [-0.15, -0.1) is 0 Å². The second-order valence-electron chi connectivity index (χ2n) is 9.24. The average Bonchev–Trinajstić information content (AvgIpc) is 2.92. The SMILES string of the molecule is CCC(CNc1cc(-c2ccc(C(O)C(C)C)nc2)ncn1)c1cccc2c(C(=O)NC)c(F)cnc12. The number of aliphatic hydroxyl groups excluding tert-OH is 1. The first-order valence-electron chi connectivity index (χ1n) is 12.3. The molecule has 0 aliphatic rings. The monoisotopic (exact) mass is 502 g/mol. The molecule has 0 bridgehead atoms. The number of rotatable bonds is 9. The number of fused-ring (bicyclic) bond motifs is 1. The third kappa shape index (κ3) is 5.56. The Morgan fingerprint density at radius 1 is 1.08 bits per heavy atom. The van der Waals surface area contributed by atoms with Crippen LogP contribution in [0.15, 0.2) is 55.1 Å². The fourth-order valence-corrected chi connectivity index (χ4v) is 4.29. The number of nitrogens with one attached hydrogen (secondary N) is 2. The number of halogens is 1. The third-order valence-corrected chi connectivity index (χ3v) is 6.48. The highest BCUT2D eigenvalue weighted by atomic mass is 19.1. The van der Waals surface area contributed by atoms with E-state index in [0.29, 0.717) is 34.7 Å². The van der Waals surface area contributed by atoms with Gasteiger partial charge < -0.3 is 15.7 Å². The summed E-state index contributed by atoms with van der Waals surface area (Å²) in [6.45, 7) is 6.51. The molecule has 0 radical (unpaired) electrons. The minimum Gasteiger partial charge on any atom is -0.387 e. The Hall–Kier alpha value is -3.98. The van der Waals surface area contributed by atoms with Crippen molar-refractivity contribution in [3.8, 4) is 11.3 Å². The van der Waals surface area contributed by atoms with Crippen LogP contribution in [0.3, 0.4) is 0 Å². The summed E-state index contributed by atoms with van der Waals surface area (Å²) in [5.74, 6) is -0.366. The Kier molecular flexibility index (Phi) is 8.03. The smallest absolute Gasteiger partial charge is 0.254 e. The van der Waals surface area contributed by atoms with Crippen LogP contribution < -0.4 is 10.6 Å². The Balaban J connectivity index is 1.56. The number of benzene rings is 1. The van der Waals surface area contributed by atoms with Crippen molar-refractivity contribution < 1.29 is 14.3 Å². The first-order chi connectivity index (χ1) is 17.8. The summed E-state index contributed by atoms with van der Waals surface area (Å²) in [6.07, 6.45) is 4.48. The van der Waals surface area contributed by atoms with Gasteiger partial charge in [0.15, 0.2) is 5.82 Å². The van der Waals surface area contributed by atoms with Gasteiger partial charge in [-0.3, -0.25) is 14.8 Å². The molecule has 3 N–H and O–H groups in total. The van der Waals surface area contributed by atoms with Crippen LogP contribution in [-0.2, 0) is 0 Å². The van der Waals surface area contributed by atoms with Crippen molar-refractivity contribution >= 4 is 22.6 Å². The Labute approximate surface area is 215 Å². The molecule has 37 heavy (non-hydrogen) atoms. The van der Waals surface area contributed by atoms with Crippen LogP contribution in [-0.4, -0.2) is 44.5 Å². The van der Waals surface area contributed by atoms with Gasteiger partial charge in [0.2, 0.25) is 0 Å². The minimum atomic E-state index is -0.648. The van der Waals surface area contributed by atoms with E-state index in [1.165, 1.54) is 13.4 Å². The predicted octanol–water partition coefficient (Wildman–Crippen LogP) is 4.88. The zero-order chi connectivity index (χ0) is 26.5. The fourth-order valence-electron chi connectivity index (χ4n) is 4.29. The van der Waals surface area contributed by atoms with E-state index in [1.807, 2.05) is 44.2 Å². The van der Waals surface area contributed by atoms with Gasteiger partial charge in [0.25, 0.3) is 5.91 Å². The molecule has 0 saturated heterocycles. The lowest BCUT2D eigenvalue weighted by molar-refractivity contribution is 0.0960. The number of pyridine rings is 2. The number of para-hydroxylation sites is 1. The molecule has 0 spiro atoms. The van der Waals surface area contributed by atoms with Crippen molar-refractivity contribution in [2.75, 3.05) is 18.9 Å². The van der Waals surface area contributed by atoms with E-state index in [0.717, 1.165) is 23.7 Å². The summed E-state index contributed by atoms with van der Waals surface area (Å²) >= 11 is 0. The molecule has 3 heterocycles. The summed E-state index contributed by atoms with van der Waals surface area (Å²) < 4.78 is 14.4. The number of aliphatic hydroxyl groups is 1. The number of amides is 1. The first-order valence-corrected chi connectivity index (χ1v) is 12.3. The van der Waals surface area contributed by atoms with E-state index < -0.39 is 17.8 Å². The van der Waals surface area contributed by atoms with Crippen molar-refractivity contribution in [3.05, 3.63) is 77.8 Å². The number of hydrogen-bond donors (Lipinski definition) is 3. The topological polar surface area (TPSA) is 113 Å². The van der Waals surface area contributed by atoms with Crippen LogP contribution in [0, 0.1) is 11.7 Å². The lowest BCUT2D eigenvalue weighted by atomic mass is 9.92. The zero-order valence-electron chi connectivity index (χ0n) is 21.4. The maximum atomic E-state index is 14.4. The zero-order valence-corrected chi connectivity index (χ0v) is 21.4. The first kappa shape index (κ1) is 26.1. The quantitative estimate of drug-likeness (QED) is 0.299. The normalized spacial score (nSPS) is 12.9. The van der Waals surface area contributed by atoms with E-state index in [4.69, 9.17) is 0 Å². The molecule has 1 amide bonds. The molecule has 0 aliphatic carbocycles. The van der Waals surface area contributed by atoms with Crippen LogP contribution >= 0.6 is 0 Å². The molecule has 4 aromatic rings. The highest BCUT2D eigenvalue weighted by molar-refractivity contribution is 6.06. The van der Waals surface area contributed by atoms with Crippen molar-refractivity contribution in [3.63, 3.8) is 0 Å². The molecule has 8 nitrogen and oxygen atoms in total. The highest BCUT2D eigenvalue weighted by Gasteiger charge is 2.20. The molecule has 192 valence electrons. The number of nitrogens with zero attached hydrogens (tertiary/aromatic N) is 4. The van der Waals surface area contributed by atoms with Crippen molar-refractivity contribution in [2.45, 2.75) is 39.2 Å². The summed E-state index contributed by atoms with van der Waals surface area (Å²) in [5, 5.41) is 16.6. The van der Waals surface area contributed by atoms with Gasteiger partial charge in [-0.05, 0) is 30.0 Å². The lowest BCUT2D eigenvalue weighted by Gasteiger charge is -2.19. The molecule has 9 heteroatoms. The molecular formula is C28H31FN6O2. The van der Waals surface area contributed by atoms with E-state index >= 15 is 0 Å². The van der Waals surface area contributed by atoms with Gasteiger partial charge in [0.05, 0.1) is 34.8 Å². The number of carbonyl (C=O) groups excluding carboxylic acids is 1. The van der Waals surface area contributed by atoms with Gasteiger partial charge in [-0.25, -0.2) is 14.4 Å². The van der Waals surface area contributed by atoms with E-state index in [1.54, 1.807) is 12.3 Å². The van der Waals surface area contributed by atoms with Crippen LogP contribution in [0.5, 0.6) is 0 Å². The molecule has 2 atom stereocenters. The summed E-state index contributed by atoms with van der Waals surface area (Å²) in [7, 11) is 1.48. The molecule has 2 unspecified atom stereocenters. The van der Waals surface area contributed by atoms with Gasteiger partial charge >= 0.3 is 0 Å². The number of anilines is 1. The van der Waals surface area contributed by atoms with Gasteiger partial charge in [0, 0.05) is 42.7 Å². The molecule has 0 fully saturated rings. The Bertz CT molecular complexity index is 1390. The largest absolute Gasteiger partial charge is 0.387 e. The van der Waals surface area contributed by atoms with Crippen LogP contribution in [0.1, 0.15) is 60.8 Å². The van der Waals surface area contributed by atoms with E-state index in [9.17, 15) is 14.3 Å². The fraction of sp³-hybridized carbons (Fsp3) is 0.321. The second-order valence-corrected chi connectivity index (χ2v) is 9.24. The van der Waals surface area contributed by atoms with Crippen LogP contribution in [0.2, 0.25) is 0 Å². The lowest BCUT2D eigenvalue weighted by Crippen LogP contribution is -2.20. The van der Waals surface area contributed by atoms with E-state index in [-0.39, 0.29) is 17.4 Å².